The second kappa shape index (κ2) is 11.0. The van der Waals surface area contributed by atoms with E-state index in [1.54, 1.807) is 18.2 Å². The SMILES string of the molecule is CCN(CC)CCNC(=O)c1ccccc1NS(=O)(=O)c1ccc(F)cc1.Cl. The van der Waals surface area contributed by atoms with Crippen molar-refractivity contribution in [1.29, 1.82) is 0 Å². The largest absolute Gasteiger partial charge is 0.351 e. The van der Waals surface area contributed by atoms with Crippen LogP contribution in [0.1, 0.15) is 24.2 Å². The van der Waals surface area contributed by atoms with Gasteiger partial charge in [0.05, 0.1) is 16.1 Å². The van der Waals surface area contributed by atoms with Crippen molar-refractivity contribution in [3.63, 3.8) is 0 Å². The highest BCUT2D eigenvalue weighted by Gasteiger charge is 2.18. The first-order chi connectivity index (χ1) is 12.9. The molecule has 0 unspecified atom stereocenters. The Balaban J connectivity index is 0.00000392. The predicted molar refractivity (Wildman–Crippen MR) is 111 cm³/mol. The van der Waals surface area contributed by atoms with Crippen LogP contribution in [0, 0.1) is 5.82 Å². The fourth-order valence-corrected chi connectivity index (χ4v) is 3.63. The normalized spacial score (nSPS) is 11.0. The minimum absolute atomic E-state index is 0. The van der Waals surface area contributed by atoms with Crippen LogP contribution in [0.2, 0.25) is 0 Å². The number of nitrogens with one attached hydrogen (secondary N) is 2. The number of likely N-dealkylation sites (N-methyl/N-ethyl adjacent to an activating group) is 1. The Labute approximate surface area is 171 Å². The van der Waals surface area contributed by atoms with E-state index in [4.69, 9.17) is 0 Å². The molecular formula is C19H25ClFN3O3S. The maximum atomic E-state index is 13.0. The third kappa shape index (κ3) is 6.47. The summed E-state index contributed by atoms with van der Waals surface area (Å²) >= 11 is 0. The zero-order chi connectivity index (χ0) is 19.9. The Morgan fingerprint density at radius 3 is 2.25 bits per heavy atom. The van der Waals surface area contributed by atoms with Crippen LogP contribution in [0.25, 0.3) is 0 Å². The maximum Gasteiger partial charge on any atom is 0.261 e. The van der Waals surface area contributed by atoms with Crippen molar-refractivity contribution in [3.8, 4) is 0 Å². The first-order valence-electron chi connectivity index (χ1n) is 8.75. The number of halogens is 2. The third-order valence-electron chi connectivity index (χ3n) is 4.15. The van der Waals surface area contributed by atoms with Gasteiger partial charge in [0.15, 0.2) is 0 Å². The van der Waals surface area contributed by atoms with Gasteiger partial charge in [0.25, 0.3) is 15.9 Å². The summed E-state index contributed by atoms with van der Waals surface area (Å²) in [6, 6.07) is 10.8. The number of nitrogens with zero attached hydrogens (tertiary/aromatic N) is 1. The first kappa shape index (κ1) is 23.9. The Hall–Kier alpha value is -2.16. The van der Waals surface area contributed by atoms with Crippen LogP contribution in [0.5, 0.6) is 0 Å². The van der Waals surface area contributed by atoms with Crippen molar-refractivity contribution in [2.45, 2.75) is 18.7 Å². The standard InChI is InChI=1S/C19H24FN3O3S.ClH/c1-3-23(4-2)14-13-21-19(24)17-7-5-6-8-18(17)22-27(25,26)16-11-9-15(20)10-12-16;/h5-12,22H,3-4,13-14H2,1-2H3,(H,21,24);1H. The number of para-hydroxylation sites is 1. The molecule has 28 heavy (non-hydrogen) atoms. The number of carbonyl (C=O) groups excluding carboxylic acids is 1. The molecule has 0 spiro atoms. The van der Waals surface area contributed by atoms with E-state index in [1.165, 1.54) is 18.2 Å². The van der Waals surface area contributed by atoms with Crippen LogP contribution in [-0.2, 0) is 10.0 Å². The van der Waals surface area contributed by atoms with Gasteiger partial charge in [-0.2, -0.15) is 0 Å². The van der Waals surface area contributed by atoms with Gasteiger partial charge in [-0.25, -0.2) is 12.8 Å². The lowest BCUT2D eigenvalue weighted by Crippen LogP contribution is -2.35. The second-order valence-electron chi connectivity index (χ2n) is 5.89. The highest BCUT2D eigenvalue weighted by molar-refractivity contribution is 7.92. The van der Waals surface area contributed by atoms with Gasteiger partial charge in [-0.05, 0) is 49.5 Å². The molecule has 0 aliphatic rings. The van der Waals surface area contributed by atoms with E-state index >= 15 is 0 Å². The molecule has 1 amide bonds. The lowest BCUT2D eigenvalue weighted by Gasteiger charge is -2.18. The van der Waals surface area contributed by atoms with Crippen LogP contribution in [0.3, 0.4) is 0 Å². The van der Waals surface area contributed by atoms with Gasteiger partial charge in [0.1, 0.15) is 5.82 Å². The highest BCUT2D eigenvalue weighted by atomic mass is 35.5. The molecule has 2 aromatic rings. The van der Waals surface area contributed by atoms with Gasteiger partial charge in [-0.15, -0.1) is 12.4 Å². The maximum absolute atomic E-state index is 13.0. The van der Waals surface area contributed by atoms with Crippen molar-refractivity contribution in [1.82, 2.24) is 10.2 Å². The minimum atomic E-state index is -3.93. The van der Waals surface area contributed by atoms with E-state index in [0.717, 1.165) is 25.2 Å². The number of carbonyl (C=O) groups is 1. The average Bonchev–Trinajstić information content (AvgIpc) is 2.65. The lowest BCUT2D eigenvalue weighted by atomic mass is 10.1. The van der Waals surface area contributed by atoms with Crippen molar-refractivity contribution in [2.75, 3.05) is 30.9 Å². The minimum Gasteiger partial charge on any atom is -0.351 e. The number of hydrogen-bond acceptors (Lipinski definition) is 4. The predicted octanol–water partition coefficient (Wildman–Crippen LogP) is 3.12. The van der Waals surface area contributed by atoms with Crippen LogP contribution >= 0.6 is 12.4 Å². The van der Waals surface area contributed by atoms with Gasteiger partial charge in [0, 0.05) is 13.1 Å². The van der Waals surface area contributed by atoms with Gasteiger partial charge in [0.2, 0.25) is 0 Å². The van der Waals surface area contributed by atoms with Crippen molar-refractivity contribution < 1.29 is 17.6 Å². The molecule has 0 saturated carbocycles. The molecule has 0 aliphatic heterocycles. The van der Waals surface area contributed by atoms with Crippen LogP contribution in [-0.4, -0.2) is 45.4 Å². The number of hydrogen-bond donors (Lipinski definition) is 2. The Morgan fingerprint density at radius 1 is 1.04 bits per heavy atom. The highest BCUT2D eigenvalue weighted by Crippen LogP contribution is 2.20. The summed E-state index contributed by atoms with van der Waals surface area (Å²) in [6.45, 7) is 7.04. The molecule has 0 saturated heterocycles. The Morgan fingerprint density at radius 2 is 1.64 bits per heavy atom. The monoisotopic (exact) mass is 429 g/mol. The molecule has 0 atom stereocenters. The second-order valence-corrected chi connectivity index (χ2v) is 7.57. The van der Waals surface area contributed by atoms with Crippen LogP contribution < -0.4 is 10.0 Å². The molecule has 9 heteroatoms. The fraction of sp³-hybridized carbons (Fsp3) is 0.316. The van der Waals surface area contributed by atoms with Crippen LogP contribution in [0.4, 0.5) is 10.1 Å². The number of benzene rings is 2. The molecule has 0 aliphatic carbocycles. The summed E-state index contributed by atoms with van der Waals surface area (Å²) in [4.78, 5) is 14.6. The van der Waals surface area contributed by atoms with Gasteiger partial charge >= 0.3 is 0 Å². The summed E-state index contributed by atoms with van der Waals surface area (Å²) in [5.74, 6) is -0.888. The molecule has 0 heterocycles. The third-order valence-corrected chi connectivity index (χ3v) is 5.53. The van der Waals surface area contributed by atoms with E-state index < -0.39 is 15.8 Å². The Kier molecular flexibility index (Phi) is 9.37. The molecular weight excluding hydrogens is 405 g/mol. The lowest BCUT2D eigenvalue weighted by molar-refractivity contribution is 0.0950. The molecule has 0 fully saturated rings. The molecule has 0 aromatic heterocycles. The van der Waals surface area contributed by atoms with Crippen molar-refractivity contribution in [3.05, 3.63) is 59.9 Å². The van der Waals surface area contributed by atoms with E-state index in [1.807, 2.05) is 13.8 Å². The number of amides is 1. The topological polar surface area (TPSA) is 78.5 Å². The molecule has 154 valence electrons. The Bertz CT molecular complexity index is 872. The van der Waals surface area contributed by atoms with E-state index in [-0.39, 0.29) is 34.5 Å². The van der Waals surface area contributed by atoms with Gasteiger partial charge in [-0.3, -0.25) is 9.52 Å². The number of sulfonamides is 1. The smallest absolute Gasteiger partial charge is 0.261 e. The average molecular weight is 430 g/mol. The molecule has 0 bridgehead atoms. The number of anilines is 1. The summed E-state index contributed by atoms with van der Waals surface area (Å²) in [6.07, 6.45) is 0. The summed E-state index contributed by atoms with van der Waals surface area (Å²) in [5.41, 5.74) is 0.393. The van der Waals surface area contributed by atoms with Crippen molar-refractivity contribution >= 4 is 34.0 Å². The molecule has 0 radical (unpaired) electrons. The van der Waals surface area contributed by atoms with Gasteiger partial charge < -0.3 is 10.2 Å². The quantitative estimate of drug-likeness (QED) is 0.642. The molecule has 2 aromatic carbocycles. The van der Waals surface area contributed by atoms with E-state index in [0.29, 0.717) is 13.1 Å². The summed E-state index contributed by atoms with van der Waals surface area (Å²) < 4.78 is 40.4. The zero-order valence-electron chi connectivity index (χ0n) is 15.8. The zero-order valence-corrected chi connectivity index (χ0v) is 17.4. The van der Waals surface area contributed by atoms with Crippen LogP contribution in [0.15, 0.2) is 53.4 Å². The summed E-state index contributed by atoms with van der Waals surface area (Å²) in [7, 11) is -3.93. The molecule has 6 nitrogen and oxygen atoms in total. The fourth-order valence-electron chi connectivity index (χ4n) is 2.55. The van der Waals surface area contributed by atoms with E-state index in [2.05, 4.69) is 14.9 Å². The van der Waals surface area contributed by atoms with Crippen molar-refractivity contribution in [2.24, 2.45) is 0 Å². The first-order valence-corrected chi connectivity index (χ1v) is 10.2. The molecule has 2 rings (SSSR count). The number of rotatable bonds is 9. The van der Waals surface area contributed by atoms with E-state index in [9.17, 15) is 17.6 Å². The van der Waals surface area contributed by atoms with Gasteiger partial charge in [-0.1, -0.05) is 26.0 Å². The summed E-state index contributed by atoms with van der Waals surface area (Å²) in [5, 5.41) is 2.81. The molecule has 2 N–H and O–H groups in total.